The molecule has 29 heavy (non-hydrogen) atoms. The number of nitrogens with one attached hydrogen (secondary N) is 3. The molecule has 156 valence electrons. The highest BCUT2D eigenvalue weighted by Gasteiger charge is 2.19. The molecule has 0 aliphatic heterocycles. The predicted molar refractivity (Wildman–Crippen MR) is 118 cm³/mol. The highest BCUT2D eigenvalue weighted by Crippen LogP contribution is 2.29. The Kier molecular flexibility index (Phi) is 7.41. The van der Waals surface area contributed by atoms with Gasteiger partial charge in [-0.25, -0.2) is 4.98 Å². The van der Waals surface area contributed by atoms with Crippen molar-refractivity contribution < 1.29 is 5.11 Å². The summed E-state index contributed by atoms with van der Waals surface area (Å²) in [7, 11) is 0. The standard InChI is InChI=1S/C22H32N6O/c1-4-5-6-10-13-23-22-25-19-18(15(2)3)27-28-20(19)21(26-22)24-17(14-29)16-11-8-7-9-12-16/h7-9,11-12,15,17,29H,4-6,10,13-14H2,1-3H3,(H,27,28)(H2,23,24,25,26). The summed E-state index contributed by atoms with van der Waals surface area (Å²) in [6, 6.07) is 9.59. The molecule has 7 nitrogen and oxygen atoms in total. The number of aliphatic hydroxyl groups excluding tert-OH is 1. The van der Waals surface area contributed by atoms with Crippen LogP contribution in [0.3, 0.4) is 0 Å². The fourth-order valence-corrected chi connectivity index (χ4v) is 3.34. The van der Waals surface area contributed by atoms with Gasteiger partial charge in [0.15, 0.2) is 11.3 Å². The molecule has 2 aromatic heterocycles. The molecule has 0 aliphatic rings. The molecule has 0 bridgehead atoms. The molecule has 0 saturated heterocycles. The summed E-state index contributed by atoms with van der Waals surface area (Å²) in [5.74, 6) is 1.48. The minimum Gasteiger partial charge on any atom is -0.394 e. The van der Waals surface area contributed by atoms with Crippen LogP contribution < -0.4 is 10.6 Å². The Labute approximate surface area is 172 Å². The van der Waals surface area contributed by atoms with Crippen LogP contribution >= 0.6 is 0 Å². The van der Waals surface area contributed by atoms with Crippen LogP contribution in [0.25, 0.3) is 11.0 Å². The molecule has 1 atom stereocenters. The lowest BCUT2D eigenvalue weighted by Gasteiger charge is -2.18. The number of anilines is 2. The van der Waals surface area contributed by atoms with Gasteiger partial charge in [-0.05, 0) is 17.9 Å². The maximum Gasteiger partial charge on any atom is 0.225 e. The van der Waals surface area contributed by atoms with Crippen LogP contribution in [0.5, 0.6) is 0 Å². The smallest absolute Gasteiger partial charge is 0.225 e. The number of H-pyrrole nitrogens is 1. The highest BCUT2D eigenvalue weighted by atomic mass is 16.3. The molecule has 0 amide bonds. The molecular weight excluding hydrogens is 364 g/mol. The van der Waals surface area contributed by atoms with E-state index in [0.29, 0.717) is 17.3 Å². The van der Waals surface area contributed by atoms with Crippen molar-refractivity contribution in [3.63, 3.8) is 0 Å². The number of hydrogen-bond acceptors (Lipinski definition) is 6. The van der Waals surface area contributed by atoms with E-state index in [9.17, 15) is 5.11 Å². The van der Waals surface area contributed by atoms with Crippen LogP contribution in [-0.2, 0) is 0 Å². The summed E-state index contributed by atoms with van der Waals surface area (Å²) in [4.78, 5) is 9.40. The zero-order valence-corrected chi connectivity index (χ0v) is 17.6. The second-order valence-corrected chi connectivity index (χ2v) is 7.66. The second kappa shape index (κ2) is 10.2. The van der Waals surface area contributed by atoms with Gasteiger partial charge in [-0.1, -0.05) is 70.4 Å². The lowest BCUT2D eigenvalue weighted by atomic mass is 10.1. The molecule has 0 aliphatic carbocycles. The molecular formula is C22H32N6O. The first kappa shape index (κ1) is 21.0. The van der Waals surface area contributed by atoms with Crippen molar-refractivity contribution in [1.29, 1.82) is 0 Å². The van der Waals surface area contributed by atoms with Gasteiger partial charge in [0, 0.05) is 6.54 Å². The van der Waals surface area contributed by atoms with E-state index in [-0.39, 0.29) is 18.6 Å². The lowest BCUT2D eigenvalue weighted by Crippen LogP contribution is -2.17. The van der Waals surface area contributed by atoms with E-state index in [1.165, 1.54) is 19.3 Å². The van der Waals surface area contributed by atoms with Crippen LogP contribution in [0.15, 0.2) is 30.3 Å². The average Bonchev–Trinajstić information content (AvgIpc) is 3.17. The normalized spacial score (nSPS) is 12.4. The Bertz CT molecular complexity index is 893. The van der Waals surface area contributed by atoms with Gasteiger partial charge in [0.1, 0.15) is 5.52 Å². The lowest BCUT2D eigenvalue weighted by molar-refractivity contribution is 0.276. The van der Waals surface area contributed by atoms with E-state index in [1.807, 2.05) is 30.3 Å². The molecule has 3 aromatic rings. The molecule has 0 spiro atoms. The summed E-state index contributed by atoms with van der Waals surface area (Å²) in [6.45, 7) is 7.22. The van der Waals surface area contributed by atoms with Gasteiger partial charge in [0.05, 0.1) is 18.3 Å². The van der Waals surface area contributed by atoms with Gasteiger partial charge in [-0.15, -0.1) is 0 Å². The number of unbranched alkanes of at least 4 members (excludes halogenated alkanes) is 3. The number of aromatic amines is 1. The van der Waals surface area contributed by atoms with Gasteiger partial charge >= 0.3 is 0 Å². The first-order valence-corrected chi connectivity index (χ1v) is 10.6. The van der Waals surface area contributed by atoms with Crippen LogP contribution in [0.1, 0.15) is 69.7 Å². The average molecular weight is 397 g/mol. The van der Waals surface area contributed by atoms with Crippen molar-refractivity contribution in [2.45, 2.75) is 58.4 Å². The third-order valence-corrected chi connectivity index (χ3v) is 5.01. The Morgan fingerprint density at radius 1 is 1.03 bits per heavy atom. The fraction of sp³-hybridized carbons (Fsp3) is 0.500. The number of nitrogens with zero attached hydrogens (tertiary/aromatic N) is 3. The van der Waals surface area contributed by atoms with Gasteiger partial charge in [-0.2, -0.15) is 10.1 Å². The van der Waals surface area contributed by atoms with E-state index >= 15 is 0 Å². The molecule has 3 rings (SSSR count). The summed E-state index contributed by atoms with van der Waals surface area (Å²) in [5, 5.41) is 24.2. The number of aliphatic hydroxyl groups is 1. The van der Waals surface area contributed by atoms with Gasteiger partial charge in [0.25, 0.3) is 0 Å². The Morgan fingerprint density at radius 2 is 1.83 bits per heavy atom. The molecule has 2 heterocycles. The number of aromatic nitrogens is 4. The van der Waals surface area contributed by atoms with E-state index in [1.54, 1.807) is 0 Å². The molecule has 0 fully saturated rings. The first-order valence-electron chi connectivity index (χ1n) is 10.6. The fourth-order valence-electron chi connectivity index (χ4n) is 3.34. The molecule has 1 unspecified atom stereocenters. The van der Waals surface area contributed by atoms with Crippen molar-refractivity contribution in [3.8, 4) is 0 Å². The largest absolute Gasteiger partial charge is 0.394 e. The van der Waals surface area contributed by atoms with E-state index in [0.717, 1.165) is 29.7 Å². The maximum absolute atomic E-state index is 9.95. The predicted octanol–water partition coefficient (Wildman–Crippen LogP) is 4.61. The number of benzene rings is 1. The monoisotopic (exact) mass is 396 g/mol. The van der Waals surface area contributed by atoms with Gasteiger partial charge in [-0.3, -0.25) is 5.10 Å². The minimum atomic E-state index is -0.272. The molecule has 0 radical (unpaired) electrons. The Morgan fingerprint density at radius 3 is 2.52 bits per heavy atom. The van der Waals surface area contributed by atoms with E-state index in [2.05, 4.69) is 46.6 Å². The summed E-state index contributed by atoms with van der Waals surface area (Å²) in [5.41, 5.74) is 3.49. The Balaban J connectivity index is 1.89. The zero-order valence-electron chi connectivity index (χ0n) is 17.6. The third-order valence-electron chi connectivity index (χ3n) is 5.01. The van der Waals surface area contributed by atoms with E-state index in [4.69, 9.17) is 4.98 Å². The van der Waals surface area contributed by atoms with Gasteiger partial charge in [0.2, 0.25) is 5.95 Å². The van der Waals surface area contributed by atoms with Crippen molar-refractivity contribution in [2.75, 3.05) is 23.8 Å². The van der Waals surface area contributed by atoms with Crippen molar-refractivity contribution in [2.24, 2.45) is 0 Å². The maximum atomic E-state index is 9.95. The first-order chi connectivity index (χ1) is 14.1. The molecule has 7 heteroatoms. The molecule has 1 aromatic carbocycles. The number of rotatable bonds is 11. The van der Waals surface area contributed by atoms with Crippen molar-refractivity contribution >= 4 is 22.8 Å². The Hall–Kier alpha value is -2.67. The van der Waals surface area contributed by atoms with Crippen molar-refractivity contribution in [3.05, 3.63) is 41.6 Å². The van der Waals surface area contributed by atoms with Crippen LogP contribution in [0, 0.1) is 0 Å². The van der Waals surface area contributed by atoms with E-state index < -0.39 is 0 Å². The SMILES string of the molecule is CCCCCCNc1nc(NC(CO)c2ccccc2)c2n[nH]c(C(C)C)c2n1. The summed E-state index contributed by atoms with van der Waals surface area (Å²) in [6.07, 6.45) is 4.73. The van der Waals surface area contributed by atoms with Crippen LogP contribution in [0.2, 0.25) is 0 Å². The number of hydrogen-bond donors (Lipinski definition) is 4. The minimum absolute atomic E-state index is 0.0449. The third kappa shape index (κ3) is 5.23. The van der Waals surface area contributed by atoms with Crippen molar-refractivity contribution in [1.82, 2.24) is 20.2 Å². The summed E-state index contributed by atoms with van der Waals surface area (Å²) < 4.78 is 0. The quantitative estimate of drug-likeness (QED) is 0.353. The summed E-state index contributed by atoms with van der Waals surface area (Å²) >= 11 is 0. The second-order valence-electron chi connectivity index (χ2n) is 7.66. The highest BCUT2D eigenvalue weighted by molar-refractivity contribution is 5.88. The van der Waals surface area contributed by atoms with Crippen LogP contribution in [-0.4, -0.2) is 38.4 Å². The molecule has 0 saturated carbocycles. The zero-order chi connectivity index (χ0) is 20.6. The molecule has 4 N–H and O–H groups in total. The number of fused-ring (bicyclic) bond motifs is 1. The van der Waals surface area contributed by atoms with Gasteiger partial charge < -0.3 is 15.7 Å². The topological polar surface area (TPSA) is 98.8 Å². The van der Waals surface area contributed by atoms with Crippen LogP contribution in [0.4, 0.5) is 11.8 Å².